The van der Waals surface area contributed by atoms with Gasteiger partial charge in [-0.2, -0.15) is 0 Å². The second-order valence-electron chi connectivity index (χ2n) is 4.25. The SMILES string of the molecule is C[C@H]1COC(C(C)(C)C2=NCCO2)=N1. The van der Waals surface area contributed by atoms with Crippen LogP contribution < -0.4 is 0 Å². The minimum Gasteiger partial charge on any atom is -0.478 e. The molecule has 0 saturated carbocycles. The van der Waals surface area contributed by atoms with Gasteiger partial charge in [0.15, 0.2) is 11.8 Å². The van der Waals surface area contributed by atoms with Gasteiger partial charge in [-0.15, -0.1) is 0 Å². The molecule has 0 spiro atoms. The van der Waals surface area contributed by atoms with E-state index in [0.717, 1.165) is 18.3 Å². The Balaban J connectivity index is 2.19. The maximum Gasteiger partial charge on any atom is 0.199 e. The van der Waals surface area contributed by atoms with Gasteiger partial charge in [0, 0.05) is 0 Å². The van der Waals surface area contributed by atoms with E-state index >= 15 is 0 Å². The number of hydrogen-bond donors (Lipinski definition) is 0. The molecule has 2 aliphatic heterocycles. The molecule has 14 heavy (non-hydrogen) atoms. The van der Waals surface area contributed by atoms with E-state index < -0.39 is 0 Å². The molecule has 0 fully saturated rings. The third-order valence-corrected chi connectivity index (χ3v) is 2.45. The van der Waals surface area contributed by atoms with Gasteiger partial charge in [0.25, 0.3) is 0 Å². The Kier molecular flexibility index (Phi) is 2.21. The lowest BCUT2D eigenvalue weighted by molar-refractivity contribution is 0.273. The lowest BCUT2D eigenvalue weighted by Gasteiger charge is -2.22. The Morgan fingerprint density at radius 1 is 1.29 bits per heavy atom. The number of hydrogen-bond acceptors (Lipinski definition) is 4. The molecule has 0 unspecified atom stereocenters. The van der Waals surface area contributed by atoms with Gasteiger partial charge in [-0.3, -0.25) is 4.99 Å². The van der Waals surface area contributed by atoms with Crippen molar-refractivity contribution in [1.82, 2.24) is 0 Å². The summed E-state index contributed by atoms with van der Waals surface area (Å²) in [5.41, 5.74) is -0.304. The largest absolute Gasteiger partial charge is 0.478 e. The van der Waals surface area contributed by atoms with Crippen LogP contribution in [0.5, 0.6) is 0 Å². The molecule has 0 N–H and O–H groups in total. The highest BCUT2D eigenvalue weighted by molar-refractivity contribution is 6.05. The molecule has 0 aromatic rings. The minimum atomic E-state index is -0.304. The lowest BCUT2D eigenvalue weighted by Crippen LogP contribution is -2.34. The summed E-state index contributed by atoms with van der Waals surface area (Å²) in [6.45, 7) is 8.22. The average Bonchev–Trinajstić information content (AvgIpc) is 2.72. The summed E-state index contributed by atoms with van der Waals surface area (Å²) in [7, 11) is 0. The van der Waals surface area contributed by atoms with E-state index in [2.05, 4.69) is 9.98 Å². The summed E-state index contributed by atoms with van der Waals surface area (Å²) in [6.07, 6.45) is 0. The standard InChI is InChI=1S/C10H16N2O2/c1-7-6-14-9(12-7)10(2,3)8-11-4-5-13-8/h7H,4-6H2,1-3H3/t7-/m0/s1. The molecule has 0 bridgehead atoms. The van der Waals surface area contributed by atoms with Crippen LogP contribution in [-0.4, -0.2) is 37.6 Å². The van der Waals surface area contributed by atoms with Gasteiger partial charge in [-0.25, -0.2) is 4.99 Å². The summed E-state index contributed by atoms with van der Waals surface area (Å²) < 4.78 is 11.0. The number of aliphatic imine (C=N–C) groups is 2. The molecule has 0 radical (unpaired) electrons. The molecular formula is C10H16N2O2. The van der Waals surface area contributed by atoms with Crippen molar-refractivity contribution in [2.24, 2.45) is 15.4 Å². The Labute approximate surface area is 84.0 Å². The van der Waals surface area contributed by atoms with Crippen LogP contribution >= 0.6 is 0 Å². The van der Waals surface area contributed by atoms with Crippen LogP contribution in [0.15, 0.2) is 9.98 Å². The van der Waals surface area contributed by atoms with Gasteiger partial charge < -0.3 is 9.47 Å². The zero-order chi connectivity index (χ0) is 10.2. The summed E-state index contributed by atoms with van der Waals surface area (Å²) in [5.74, 6) is 1.51. The van der Waals surface area contributed by atoms with Gasteiger partial charge in [0.05, 0.1) is 12.6 Å². The van der Waals surface area contributed by atoms with Crippen molar-refractivity contribution in [3.63, 3.8) is 0 Å². The van der Waals surface area contributed by atoms with Crippen LogP contribution in [0.25, 0.3) is 0 Å². The Morgan fingerprint density at radius 3 is 2.57 bits per heavy atom. The highest BCUT2D eigenvalue weighted by Gasteiger charge is 2.38. The Hall–Kier alpha value is -1.06. The predicted molar refractivity (Wildman–Crippen MR) is 54.9 cm³/mol. The highest BCUT2D eigenvalue weighted by Crippen LogP contribution is 2.27. The molecule has 2 rings (SSSR count). The van der Waals surface area contributed by atoms with E-state index in [1.807, 2.05) is 20.8 Å². The predicted octanol–water partition coefficient (Wildman–Crippen LogP) is 1.26. The van der Waals surface area contributed by atoms with E-state index in [1.54, 1.807) is 0 Å². The van der Waals surface area contributed by atoms with E-state index in [9.17, 15) is 0 Å². The van der Waals surface area contributed by atoms with Gasteiger partial charge >= 0.3 is 0 Å². The van der Waals surface area contributed by atoms with E-state index in [1.165, 1.54) is 0 Å². The topological polar surface area (TPSA) is 43.2 Å². The lowest BCUT2D eigenvalue weighted by atomic mass is 9.93. The Morgan fingerprint density at radius 2 is 2.07 bits per heavy atom. The van der Waals surface area contributed by atoms with Crippen LogP contribution in [0, 0.1) is 5.41 Å². The van der Waals surface area contributed by atoms with Crippen molar-refractivity contribution in [2.45, 2.75) is 26.8 Å². The summed E-state index contributed by atoms with van der Waals surface area (Å²) in [6, 6.07) is 0.256. The van der Waals surface area contributed by atoms with Crippen LogP contribution in [0.4, 0.5) is 0 Å². The molecule has 78 valence electrons. The average molecular weight is 196 g/mol. The summed E-state index contributed by atoms with van der Waals surface area (Å²) >= 11 is 0. The summed E-state index contributed by atoms with van der Waals surface area (Å²) in [4.78, 5) is 8.75. The maximum atomic E-state index is 5.53. The first-order chi connectivity index (χ1) is 6.60. The van der Waals surface area contributed by atoms with Crippen molar-refractivity contribution in [3.05, 3.63) is 0 Å². The molecule has 0 saturated heterocycles. The second-order valence-corrected chi connectivity index (χ2v) is 4.25. The fourth-order valence-corrected chi connectivity index (χ4v) is 1.62. The van der Waals surface area contributed by atoms with Crippen molar-refractivity contribution in [2.75, 3.05) is 19.8 Å². The van der Waals surface area contributed by atoms with Gasteiger partial charge in [-0.1, -0.05) is 0 Å². The fourth-order valence-electron chi connectivity index (χ4n) is 1.62. The Bertz CT molecular complexity index is 294. The highest BCUT2D eigenvalue weighted by atomic mass is 16.5. The van der Waals surface area contributed by atoms with E-state index in [4.69, 9.17) is 9.47 Å². The van der Waals surface area contributed by atoms with Crippen molar-refractivity contribution < 1.29 is 9.47 Å². The monoisotopic (exact) mass is 196 g/mol. The molecule has 0 amide bonds. The smallest absolute Gasteiger partial charge is 0.199 e. The molecule has 0 aromatic heterocycles. The molecule has 0 aliphatic carbocycles. The molecule has 2 heterocycles. The van der Waals surface area contributed by atoms with Gasteiger partial charge in [0.1, 0.15) is 18.6 Å². The maximum absolute atomic E-state index is 5.53. The van der Waals surface area contributed by atoms with Crippen molar-refractivity contribution >= 4 is 11.8 Å². The van der Waals surface area contributed by atoms with Crippen LogP contribution in [-0.2, 0) is 9.47 Å². The van der Waals surface area contributed by atoms with Crippen LogP contribution in [0.1, 0.15) is 20.8 Å². The first-order valence-corrected chi connectivity index (χ1v) is 4.99. The molecule has 2 aliphatic rings. The second kappa shape index (κ2) is 3.26. The first kappa shape index (κ1) is 9.49. The van der Waals surface area contributed by atoms with Gasteiger partial charge in [-0.05, 0) is 20.8 Å². The zero-order valence-corrected chi connectivity index (χ0v) is 8.91. The number of nitrogens with zero attached hydrogens (tertiary/aromatic N) is 2. The van der Waals surface area contributed by atoms with Crippen molar-refractivity contribution in [1.29, 1.82) is 0 Å². The number of ether oxygens (including phenoxy) is 2. The molecular weight excluding hydrogens is 180 g/mol. The molecule has 4 heteroatoms. The fraction of sp³-hybridized carbons (Fsp3) is 0.800. The molecule has 0 aromatic carbocycles. The molecule has 4 nitrogen and oxygen atoms in total. The minimum absolute atomic E-state index is 0.256. The third-order valence-electron chi connectivity index (χ3n) is 2.45. The quantitative estimate of drug-likeness (QED) is 0.667. The normalized spacial score (nSPS) is 26.6. The van der Waals surface area contributed by atoms with E-state index in [0.29, 0.717) is 13.2 Å². The zero-order valence-electron chi connectivity index (χ0n) is 8.91. The van der Waals surface area contributed by atoms with Gasteiger partial charge in [0.2, 0.25) is 0 Å². The van der Waals surface area contributed by atoms with Crippen molar-refractivity contribution in [3.8, 4) is 0 Å². The van der Waals surface area contributed by atoms with Crippen LogP contribution in [0.3, 0.4) is 0 Å². The molecule has 1 atom stereocenters. The first-order valence-electron chi connectivity index (χ1n) is 4.99. The van der Waals surface area contributed by atoms with E-state index in [-0.39, 0.29) is 11.5 Å². The number of rotatable bonds is 2. The van der Waals surface area contributed by atoms with Crippen LogP contribution in [0.2, 0.25) is 0 Å². The summed E-state index contributed by atoms with van der Waals surface area (Å²) in [5, 5.41) is 0. The third kappa shape index (κ3) is 1.49.